The van der Waals surface area contributed by atoms with Crippen molar-refractivity contribution in [2.45, 2.75) is 25.8 Å². The van der Waals surface area contributed by atoms with Gasteiger partial charge in [-0.1, -0.05) is 30.3 Å². The molecule has 3 heterocycles. The van der Waals surface area contributed by atoms with Crippen LogP contribution in [0, 0.1) is 6.92 Å². The molecule has 7 heteroatoms. The van der Waals surface area contributed by atoms with Gasteiger partial charge in [0.2, 0.25) is 18.2 Å². The smallest absolute Gasteiger partial charge is 0.226 e. The number of aromatic nitrogens is 4. The van der Waals surface area contributed by atoms with Gasteiger partial charge in [0.1, 0.15) is 11.5 Å². The molecule has 1 unspecified atom stereocenters. The molecule has 0 aliphatic heterocycles. The van der Waals surface area contributed by atoms with Gasteiger partial charge in [-0.2, -0.15) is 0 Å². The Bertz CT molecular complexity index is 1260. The number of hydrogen-bond donors (Lipinski definition) is 0. The van der Waals surface area contributed by atoms with E-state index in [0.29, 0.717) is 31.4 Å². The van der Waals surface area contributed by atoms with E-state index in [0.717, 1.165) is 28.3 Å². The maximum atomic E-state index is 5.97. The van der Waals surface area contributed by atoms with E-state index in [2.05, 4.69) is 19.7 Å². The second-order valence-corrected chi connectivity index (χ2v) is 7.76. The van der Waals surface area contributed by atoms with Crippen LogP contribution in [0.25, 0.3) is 11.5 Å². The number of oxazole rings is 1. The van der Waals surface area contributed by atoms with Crippen molar-refractivity contribution >= 4 is 0 Å². The first-order valence-electron chi connectivity index (χ1n) is 10.9. The summed E-state index contributed by atoms with van der Waals surface area (Å²) in [7, 11) is 0. The van der Waals surface area contributed by atoms with Crippen LogP contribution >= 0.6 is 0 Å². The highest BCUT2D eigenvalue weighted by Crippen LogP contribution is 2.27. The van der Waals surface area contributed by atoms with Gasteiger partial charge in [0.15, 0.2) is 0 Å². The van der Waals surface area contributed by atoms with Crippen LogP contribution in [0.5, 0.6) is 5.75 Å². The lowest BCUT2D eigenvalue weighted by Crippen LogP contribution is -2.10. The van der Waals surface area contributed by atoms with Gasteiger partial charge in [0.05, 0.1) is 18.2 Å². The molecule has 1 atom stereocenters. The van der Waals surface area contributed by atoms with E-state index in [1.54, 1.807) is 0 Å². The molecule has 0 radical (unpaired) electrons. The lowest BCUT2D eigenvalue weighted by molar-refractivity contribution is 0.319. The lowest BCUT2D eigenvalue weighted by Gasteiger charge is -2.15. The first-order valence-corrected chi connectivity index (χ1v) is 10.9. The minimum absolute atomic E-state index is 0.0388. The maximum absolute atomic E-state index is 5.97. The summed E-state index contributed by atoms with van der Waals surface area (Å²) in [6.45, 7) is 3.16. The Morgan fingerprint density at radius 3 is 2.48 bits per heavy atom. The summed E-state index contributed by atoms with van der Waals surface area (Å²) in [4.78, 5) is 4.64. The molecular weight excluding hydrogens is 416 g/mol. The van der Waals surface area contributed by atoms with Crippen molar-refractivity contribution in [2.75, 3.05) is 6.61 Å². The molecule has 5 rings (SSSR count). The van der Waals surface area contributed by atoms with Gasteiger partial charge in [-0.05, 0) is 48.9 Å². The van der Waals surface area contributed by atoms with E-state index >= 15 is 0 Å². The van der Waals surface area contributed by atoms with E-state index in [9.17, 15) is 0 Å². The Balaban J connectivity index is 1.22. The Labute approximate surface area is 191 Å². The van der Waals surface area contributed by atoms with E-state index in [1.807, 2.05) is 86.0 Å². The summed E-state index contributed by atoms with van der Waals surface area (Å²) >= 11 is 0. The summed E-state index contributed by atoms with van der Waals surface area (Å²) < 4.78 is 19.4. The molecule has 0 bridgehead atoms. The number of rotatable bonds is 9. The molecule has 0 aliphatic rings. The summed E-state index contributed by atoms with van der Waals surface area (Å²) in [6, 6.07) is 21.9. The zero-order chi connectivity index (χ0) is 22.5. The largest absolute Gasteiger partial charge is 0.493 e. The molecular formula is C26H24N4O3. The Kier molecular flexibility index (Phi) is 6.01. The zero-order valence-electron chi connectivity index (χ0n) is 18.3. The van der Waals surface area contributed by atoms with Crippen LogP contribution in [-0.4, -0.2) is 26.4 Å². The molecule has 33 heavy (non-hydrogen) atoms. The van der Waals surface area contributed by atoms with Crippen molar-refractivity contribution in [3.63, 3.8) is 0 Å². The van der Waals surface area contributed by atoms with E-state index in [4.69, 9.17) is 13.6 Å². The molecule has 0 spiro atoms. The molecule has 0 aliphatic carbocycles. The van der Waals surface area contributed by atoms with Crippen molar-refractivity contribution in [1.82, 2.24) is 19.7 Å². The maximum Gasteiger partial charge on any atom is 0.226 e. The van der Waals surface area contributed by atoms with E-state index < -0.39 is 0 Å². The summed E-state index contributed by atoms with van der Waals surface area (Å²) in [6.07, 6.45) is 6.08. The summed E-state index contributed by atoms with van der Waals surface area (Å²) in [5.41, 5.74) is 2.97. The third-order valence-corrected chi connectivity index (χ3v) is 5.54. The first-order chi connectivity index (χ1) is 16.3. The summed E-state index contributed by atoms with van der Waals surface area (Å²) in [5, 5.41) is 7.98. The fourth-order valence-electron chi connectivity index (χ4n) is 3.79. The highest BCUT2D eigenvalue weighted by molar-refractivity contribution is 5.53. The normalized spacial score (nSPS) is 12.0. The van der Waals surface area contributed by atoms with Crippen LogP contribution < -0.4 is 4.74 Å². The van der Waals surface area contributed by atoms with Crippen LogP contribution in [-0.2, 0) is 13.0 Å². The van der Waals surface area contributed by atoms with Gasteiger partial charge in [-0.15, -0.1) is 10.2 Å². The average Bonchev–Trinajstić information content (AvgIpc) is 3.62. The Hall–Kier alpha value is -4.13. The van der Waals surface area contributed by atoms with Crippen molar-refractivity contribution in [1.29, 1.82) is 0 Å². The topological polar surface area (TPSA) is 79.1 Å². The fraction of sp³-hybridized carbons (Fsp3) is 0.192. The highest BCUT2D eigenvalue weighted by atomic mass is 16.5. The minimum Gasteiger partial charge on any atom is -0.493 e. The quantitative estimate of drug-likeness (QED) is 0.310. The fourth-order valence-corrected chi connectivity index (χ4v) is 3.79. The molecule has 0 saturated carbocycles. The summed E-state index contributed by atoms with van der Waals surface area (Å²) in [5.74, 6) is 2.81. The van der Waals surface area contributed by atoms with Crippen molar-refractivity contribution in [3.8, 4) is 17.2 Å². The van der Waals surface area contributed by atoms with Crippen molar-refractivity contribution in [2.24, 2.45) is 0 Å². The first kappa shape index (κ1) is 20.8. The predicted molar refractivity (Wildman–Crippen MR) is 123 cm³/mol. The second-order valence-electron chi connectivity index (χ2n) is 7.76. The van der Waals surface area contributed by atoms with Gasteiger partial charge in [-0.25, -0.2) is 4.98 Å². The third-order valence-electron chi connectivity index (χ3n) is 5.54. The number of aryl methyl sites for hydroxylation is 1. The zero-order valence-corrected chi connectivity index (χ0v) is 18.3. The van der Waals surface area contributed by atoms with Gasteiger partial charge in [0.25, 0.3) is 0 Å². The predicted octanol–water partition coefficient (Wildman–Crippen LogP) is 5.29. The van der Waals surface area contributed by atoms with Gasteiger partial charge in [0, 0.05) is 30.9 Å². The molecule has 166 valence electrons. The van der Waals surface area contributed by atoms with E-state index in [1.165, 1.54) is 6.39 Å². The van der Waals surface area contributed by atoms with E-state index in [-0.39, 0.29) is 5.92 Å². The lowest BCUT2D eigenvalue weighted by atomic mass is 9.99. The highest BCUT2D eigenvalue weighted by Gasteiger charge is 2.20. The van der Waals surface area contributed by atoms with Crippen LogP contribution in [0.2, 0.25) is 0 Å². The monoisotopic (exact) mass is 440 g/mol. The number of hydrogen-bond acceptors (Lipinski definition) is 6. The van der Waals surface area contributed by atoms with Crippen molar-refractivity contribution in [3.05, 3.63) is 108 Å². The molecule has 0 amide bonds. The molecule has 5 aromatic rings. The molecule has 0 fully saturated rings. The van der Waals surface area contributed by atoms with Crippen molar-refractivity contribution < 1.29 is 13.6 Å². The van der Waals surface area contributed by atoms with Crippen LogP contribution in [0.1, 0.15) is 28.8 Å². The van der Waals surface area contributed by atoms with Gasteiger partial charge < -0.3 is 18.1 Å². The number of nitrogens with zero attached hydrogens (tertiary/aromatic N) is 4. The average molecular weight is 441 g/mol. The molecule has 2 aromatic carbocycles. The molecule has 0 N–H and O–H groups in total. The van der Waals surface area contributed by atoms with Gasteiger partial charge in [-0.3, -0.25) is 0 Å². The van der Waals surface area contributed by atoms with Crippen LogP contribution in [0.4, 0.5) is 0 Å². The SMILES string of the molecule is Cc1oc(-c2ccccc2)nc1CCOc1ccc(C(Cn2cccc2)c2nnco2)cc1. The minimum atomic E-state index is -0.0388. The van der Waals surface area contributed by atoms with Gasteiger partial charge >= 0.3 is 0 Å². The second kappa shape index (κ2) is 9.56. The molecule has 0 saturated heterocycles. The molecule has 7 nitrogen and oxygen atoms in total. The standard InChI is InChI=1S/C26H24N4O3/c1-19-24(28-25(33-19)21-7-3-2-4-8-21)13-16-31-22-11-9-20(10-12-22)23(26-29-27-18-32-26)17-30-14-5-6-15-30/h2-12,14-15,18,23H,13,16-17H2,1H3. The molecule has 3 aromatic heterocycles. The third kappa shape index (κ3) is 4.87. The van der Waals surface area contributed by atoms with Crippen LogP contribution in [0.15, 0.2) is 94.4 Å². The number of ether oxygens (including phenoxy) is 1. The van der Waals surface area contributed by atoms with Crippen LogP contribution in [0.3, 0.4) is 0 Å². The Morgan fingerprint density at radius 2 is 1.76 bits per heavy atom. The Morgan fingerprint density at radius 1 is 0.970 bits per heavy atom. The number of benzene rings is 2.